The Bertz CT molecular complexity index is 671. The van der Waals surface area contributed by atoms with Crippen LogP contribution in [0, 0.1) is 6.92 Å². The van der Waals surface area contributed by atoms with Crippen molar-refractivity contribution in [3.05, 3.63) is 65.2 Å². The topological polar surface area (TPSA) is 42.8 Å². The van der Waals surface area contributed by atoms with Crippen molar-refractivity contribution in [2.24, 2.45) is 0 Å². The van der Waals surface area contributed by atoms with Gasteiger partial charge in [0, 0.05) is 5.56 Å². The molecule has 0 saturated carbocycles. The molecule has 0 bridgehead atoms. The van der Waals surface area contributed by atoms with Crippen molar-refractivity contribution in [3.63, 3.8) is 0 Å². The summed E-state index contributed by atoms with van der Waals surface area (Å²) in [5.41, 5.74) is 3.43. The van der Waals surface area contributed by atoms with E-state index in [2.05, 4.69) is 18.3 Å². The zero-order chi connectivity index (χ0) is 17.5. The average Bonchev–Trinajstić information content (AvgIpc) is 2.55. The summed E-state index contributed by atoms with van der Waals surface area (Å²) in [6.45, 7) is 5.24. The molecule has 24 heavy (non-hydrogen) atoms. The minimum atomic E-state index is 0.0139. The van der Waals surface area contributed by atoms with E-state index in [1.165, 1.54) is 5.56 Å². The highest BCUT2D eigenvalue weighted by atomic mass is 16.5. The molecule has 1 unspecified atom stereocenters. The van der Waals surface area contributed by atoms with E-state index in [1.807, 2.05) is 56.4 Å². The second-order valence-corrected chi connectivity index (χ2v) is 6.33. The monoisotopic (exact) mass is 327 g/mol. The Morgan fingerprint density at radius 3 is 2.58 bits per heavy atom. The molecule has 0 aliphatic carbocycles. The van der Waals surface area contributed by atoms with Gasteiger partial charge in [0.05, 0.1) is 20.2 Å². The van der Waals surface area contributed by atoms with Crippen molar-refractivity contribution in [3.8, 4) is 5.75 Å². The number of likely N-dealkylation sites (N-methyl/N-ethyl adjacent to an activating group) is 1. The Morgan fingerprint density at radius 2 is 1.92 bits per heavy atom. The van der Waals surface area contributed by atoms with Crippen LogP contribution in [-0.4, -0.2) is 26.6 Å². The number of carbonyl (C=O) groups excluding carboxylic acids is 1. The molecule has 1 amide bonds. The van der Waals surface area contributed by atoms with Crippen molar-refractivity contribution >= 4 is 5.91 Å². The first-order valence-corrected chi connectivity index (χ1v) is 8.28. The van der Waals surface area contributed by atoms with Gasteiger partial charge >= 0.3 is 0 Å². The average molecular weight is 327 g/mol. The summed E-state index contributed by atoms with van der Waals surface area (Å²) in [4.78, 5) is 13.4. The first kappa shape index (κ1) is 18.0. The van der Waals surface area contributed by atoms with Gasteiger partial charge in [0.25, 0.3) is 5.91 Å². The van der Waals surface area contributed by atoms with Crippen LogP contribution < -0.4 is 15.0 Å². The summed E-state index contributed by atoms with van der Waals surface area (Å²) in [5.74, 6) is 0.925. The highest BCUT2D eigenvalue weighted by Crippen LogP contribution is 2.18. The van der Waals surface area contributed by atoms with Crippen LogP contribution in [-0.2, 0) is 11.3 Å². The second-order valence-electron chi connectivity index (χ2n) is 6.33. The molecule has 0 aromatic heterocycles. The number of hydrogen-bond acceptors (Lipinski definition) is 2. The van der Waals surface area contributed by atoms with Gasteiger partial charge in [0.15, 0.2) is 6.54 Å². The maximum Gasteiger partial charge on any atom is 0.275 e. The molecule has 0 radical (unpaired) electrons. The minimum absolute atomic E-state index is 0.0139. The molecule has 0 saturated heterocycles. The molecule has 0 spiro atoms. The molecule has 2 atom stereocenters. The number of quaternary nitrogens is 1. The third-order valence-electron chi connectivity index (χ3n) is 4.07. The number of benzene rings is 2. The van der Waals surface area contributed by atoms with Gasteiger partial charge in [-0.2, -0.15) is 0 Å². The number of aryl methyl sites for hydroxylation is 1. The fraction of sp³-hybridized carbons (Fsp3) is 0.350. The van der Waals surface area contributed by atoms with Crippen molar-refractivity contribution in [2.45, 2.75) is 26.4 Å². The van der Waals surface area contributed by atoms with Crippen molar-refractivity contribution in [2.75, 3.05) is 20.7 Å². The number of amides is 1. The number of methoxy groups -OCH3 is 1. The van der Waals surface area contributed by atoms with Gasteiger partial charge in [0.2, 0.25) is 0 Å². The van der Waals surface area contributed by atoms with Crippen LogP contribution >= 0.6 is 0 Å². The van der Waals surface area contributed by atoms with Crippen LogP contribution in [0.15, 0.2) is 48.5 Å². The number of nitrogens with one attached hydrogen (secondary N) is 2. The first-order valence-electron chi connectivity index (χ1n) is 8.28. The first-order chi connectivity index (χ1) is 11.5. The third-order valence-corrected chi connectivity index (χ3v) is 4.07. The molecule has 2 aromatic rings. The smallest absolute Gasteiger partial charge is 0.275 e. The van der Waals surface area contributed by atoms with Crippen molar-refractivity contribution in [1.82, 2.24) is 5.32 Å². The van der Waals surface area contributed by atoms with Gasteiger partial charge in [-0.1, -0.05) is 42.0 Å². The summed E-state index contributed by atoms with van der Waals surface area (Å²) >= 11 is 0. The van der Waals surface area contributed by atoms with Gasteiger partial charge in [-0.3, -0.25) is 4.79 Å². The summed E-state index contributed by atoms with van der Waals surface area (Å²) in [6.07, 6.45) is 0. The van der Waals surface area contributed by atoms with E-state index in [4.69, 9.17) is 4.74 Å². The van der Waals surface area contributed by atoms with Crippen LogP contribution in [0.4, 0.5) is 0 Å². The molecule has 0 aliphatic rings. The molecule has 0 fully saturated rings. The van der Waals surface area contributed by atoms with Crippen molar-refractivity contribution in [1.29, 1.82) is 0 Å². The molecule has 2 rings (SSSR count). The van der Waals surface area contributed by atoms with E-state index < -0.39 is 0 Å². The highest BCUT2D eigenvalue weighted by molar-refractivity contribution is 5.77. The number of rotatable bonds is 7. The summed E-state index contributed by atoms with van der Waals surface area (Å²) in [5, 5.41) is 3.06. The Kier molecular flexibility index (Phi) is 6.38. The zero-order valence-electron chi connectivity index (χ0n) is 14.9. The largest absolute Gasteiger partial charge is 0.496 e. The lowest BCUT2D eigenvalue weighted by Gasteiger charge is -2.18. The lowest BCUT2D eigenvalue weighted by molar-refractivity contribution is -0.885. The Labute approximate surface area is 144 Å². The summed E-state index contributed by atoms with van der Waals surface area (Å²) < 4.78 is 5.41. The molecular formula is C20H27N2O2+. The van der Waals surface area contributed by atoms with Crippen LogP contribution in [0.3, 0.4) is 0 Å². The normalized spacial score (nSPS) is 13.2. The number of hydrogen-bond donors (Lipinski definition) is 2. The Balaban J connectivity index is 1.91. The number of carbonyl (C=O) groups is 1. The van der Waals surface area contributed by atoms with Crippen LogP contribution in [0.5, 0.6) is 5.75 Å². The standard InChI is InChI=1S/C20H26N2O2/c1-15-10-11-19(24-4)18(12-15)13-22(3)14-20(23)21-16(2)17-8-6-5-7-9-17/h5-12,16H,13-14H2,1-4H3,(H,21,23)/p+1/t16-/m1/s1. The van der Waals surface area contributed by atoms with E-state index in [9.17, 15) is 4.79 Å². The maximum absolute atomic E-state index is 12.3. The van der Waals surface area contributed by atoms with Gasteiger partial charge in [-0.05, 0) is 31.5 Å². The van der Waals surface area contributed by atoms with Crippen LogP contribution in [0.25, 0.3) is 0 Å². The molecule has 4 nitrogen and oxygen atoms in total. The van der Waals surface area contributed by atoms with E-state index in [-0.39, 0.29) is 11.9 Å². The lowest BCUT2D eigenvalue weighted by atomic mass is 10.1. The molecule has 0 heterocycles. The van der Waals surface area contributed by atoms with Gasteiger partial charge in [-0.25, -0.2) is 0 Å². The van der Waals surface area contributed by atoms with Gasteiger partial charge < -0.3 is 15.0 Å². The second kappa shape index (κ2) is 8.50. The van der Waals surface area contributed by atoms with Gasteiger partial charge in [-0.15, -0.1) is 0 Å². The molecular weight excluding hydrogens is 300 g/mol. The van der Waals surface area contributed by atoms with Gasteiger partial charge in [0.1, 0.15) is 12.3 Å². The minimum Gasteiger partial charge on any atom is -0.496 e. The van der Waals surface area contributed by atoms with Crippen molar-refractivity contribution < 1.29 is 14.4 Å². The quantitative estimate of drug-likeness (QED) is 0.816. The third kappa shape index (κ3) is 5.10. The Hall–Kier alpha value is -2.33. The van der Waals surface area contributed by atoms with Crippen LogP contribution in [0.1, 0.15) is 29.7 Å². The Morgan fingerprint density at radius 1 is 1.21 bits per heavy atom. The van der Waals surface area contributed by atoms with E-state index >= 15 is 0 Å². The predicted octanol–water partition coefficient (Wildman–Crippen LogP) is 1.90. The number of ether oxygens (including phenoxy) is 1. The molecule has 2 N–H and O–H groups in total. The fourth-order valence-corrected chi connectivity index (χ4v) is 2.82. The molecule has 2 aromatic carbocycles. The van der Waals surface area contributed by atoms with E-state index in [1.54, 1.807) is 7.11 Å². The predicted molar refractivity (Wildman–Crippen MR) is 96.2 cm³/mol. The molecule has 128 valence electrons. The SMILES string of the molecule is COc1ccc(C)cc1C[NH+](C)CC(=O)N[C@H](C)c1ccccc1. The van der Waals surface area contributed by atoms with Crippen LogP contribution in [0.2, 0.25) is 0 Å². The zero-order valence-corrected chi connectivity index (χ0v) is 14.9. The fourth-order valence-electron chi connectivity index (χ4n) is 2.82. The highest BCUT2D eigenvalue weighted by Gasteiger charge is 2.15. The lowest BCUT2D eigenvalue weighted by Crippen LogP contribution is -3.08. The summed E-state index contributed by atoms with van der Waals surface area (Å²) in [7, 11) is 3.70. The molecule has 0 aliphatic heterocycles. The maximum atomic E-state index is 12.3. The van der Waals surface area contributed by atoms with E-state index in [0.29, 0.717) is 6.54 Å². The molecule has 4 heteroatoms. The van der Waals surface area contributed by atoms with E-state index in [0.717, 1.165) is 28.3 Å². The summed E-state index contributed by atoms with van der Waals surface area (Å²) in [6, 6.07) is 16.1.